The number of nitriles is 1. The minimum Gasteiger partial charge on any atom is -0.313 e. The Kier molecular flexibility index (Phi) is 6.72. The monoisotopic (exact) mass is 285 g/mol. The van der Waals surface area contributed by atoms with Crippen LogP contribution in [0.1, 0.15) is 43.7 Å². The summed E-state index contributed by atoms with van der Waals surface area (Å²) in [6.07, 6.45) is 5.24. The molecule has 1 aliphatic rings. The van der Waals surface area contributed by atoms with E-state index in [1.54, 1.807) is 0 Å². The van der Waals surface area contributed by atoms with Gasteiger partial charge >= 0.3 is 0 Å². The Morgan fingerprint density at radius 1 is 1.29 bits per heavy atom. The van der Waals surface area contributed by atoms with Gasteiger partial charge in [-0.15, -0.1) is 0 Å². The second-order valence-electron chi connectivity index (χ2n) is 6.22. The SMILES string of the molecule is CC1CCN(CCCCNCc2cccc(C#N)c2)CC1. The Balaban J connectivity index is 1.53. The van der Waals surface area contributed by atoms with Crippen LogP contribution in [-0.4, -0.2) is 31.1 Å². The number of unbranched alkanes of at least 4 members (excludes halogenated alkanes) is 1. The van der Waals surface area contributed by atoms with E-state index in [4.69, 9.17) is 5.26 Å². The molecule has 1 N–H and O–H groups in total. The van der Waals surface area contributed by atoms with Gasteiger partial charge in [0.25, 0.3) is 0 Å². The van der Waals surface area contributed by atoms with Gasteiger partial charge in [0.2, 0.25) is 0 Å². The lowest BCUT2D eigenvalue weighted by Gasteiger charge is -2.30. The molecule has 0 unspecified atom stereocenters. The van der Waals surface area contributed by atoms with Crippen molar-refractivity contribution in [3.8, 4) is 6.07 Å². The Bertz CT molecular complexity index is 456. The summed E-state index contributed by atoms with van der Waals surface area (Å²) in [5, 5.41) is 12.3. The average Bonchev–Trinajstić information content (AvgIpc) is 2.52. The average molecular weight is 285 g/mol. The number of hydrogen-bond acceptors (Lipinski definition) is 3. The zero-order valence-electron chi connectivity index (χ0n) is 13.1. The van der Waals surface area contributed by atoms with Crippen molar-refractivity contribution in [2.75, 3.05) is 26.2 Å². The topological polar surface area (TPSA) is 39.1 Å². The maximum Gasteiger partial charge on any atom is 0.0991 e. The minimum atomic E-state index is 0.744. The van der Waals surface area contributed by atoms with E-state index in [1.807, 2.05) is 18.2 Å². The molecule has 1 aromatic carbocycles. The maximum atomic E-state index is 8.87. The number of hydrogen-bond donors (Lipinski definition) is 1. The van der Waals surface area contributed by atoms with Crippen molar-refractivity contribution in [2.45, 2.75) is 39.2 Å². The van der Waals surface area contributed by atoms with E-state index in [-0.39, 0.29) is 0 Å². The summed E-state index contributed by atoms with van der Waals surface area (Å²) in [6.45, 7) is 8.10. The van der Waals surface area contributed by atoms with Crippen LogP contribution in [0.15, 0.2) is 24.3 Å². The van der Waals surface area contributed by atoms with E-state index in [1.165, 1.54) is 50.9 Å². The molecule has 0 atom stereocenters. The normalized spacial score (nSPS) is 16.8. The first-order valence-electron chi connectivity index (χ1n) is 8.20. The molecule has 0 amide bonds. The second-order valence-corrected chi connectivity index (χ2v) is 6.22. The summed E-state index contributed by atoms with van der Waals surface area (Å²) < 4.78 is 0. The molecule has 114 valence electrons. The number of piperidine rings is 1. The van der Waals surface area contributed by atoms with Crippen LogP contribution < -0.4 is 5.32 Å². The first-order chi connectivity index (χ1) is 10.3. The van der Waals surface area contributed by atoms with E-state index in [0.717, 1.165) is 24.6 Å². The molecule has 0 bridgehead atoms. The molecular weight excluding hydrogens is 258 g/mol. The van der Waals surface area contributed by atoms with E-state index >= 15 is 0 Å². The van der Waals surface area contributed by atoms with E-state index < -0.39 is 0 Å². The fourth-order valence-corrected chi connectivity index (χ4v) is 2.85. The minimum absolute atomic E-state index is 0.744. The summed E-state index contributed by atoms with van der Waals surface area (Å²) in [7, 11) is 0. The predicted octanol–water partition coefficient (Wildman–Crippen LogP) is 3.16. The van der Waals surface area contributed by atoms with Crippen molar-refractivity contribution in [1.82, 2.24) is 10.2 Å². The molecule has 2 rings (SSSR count). The van der Waals surface area contributed by atoms with Crippen molar-refractivity contribution in [2.24, 2.45) is 5.92 Å². The Hall–Kier alpha value is -1.37. The smallest absolute Gasteiger partial charge is 0.0991 e. The van der Waals surface area contributed by atoms with Gasteiger partial charge < -0.3 is 10.2 Å². The summed E-state index contributed by atoms with van der Waals surface area (Å²) in [4.78, 5) is 2.61. The first-order valence-corrected chi connectivity index (χ1v) is 8.20. The highest BCUT2D eigenvalue weighted by atomic mass is 15.1. The van der Waals surface area contributed by atoms with Crippen LogP contribution in [0.4, 0.5) is 0 Å². The van der Waals surface area contributed by atoms with Crippen molar-refractivity contribution >= 4 is 0 Å². The maximum absolute atomic E-state index is 8.87. The lowest BCUT2D eigenvalue weighted by atomic mass is 9.99. The lowest BCUT2D eigenvalue weighted by Crippen LogP contribution is -2.33. The Morgan fingerprint density at radius 2 is 2.10 bits per heavy atom. The van der Waals surface area contributed by atoms with E-state index in [0.29, 0.717) is 0 Å². The van der Waals surface area contributed by atoms with Gasteiger partial charge in [-0.25, -0.2) is 0 Å². The van der Waals surface area contributed by atoms with Gasteiger partial charge in [-0.1, -0.05) is 19.1 Å². The largest absolute Gasteiger partial charge is 0.313 e. The van der Waals surface area contributed by atoms with Gasteiger partial charge in [-0.3, -0.25) is 0 Å². The molecule has 0 radical (unpaired) electrons. The van der Waals surface area contributed by atoms with Crippen LogP contribution >= 0.6 is 0 Å². The van der Waals surface area contributed by atoms with Crippen LogP contribution in [0.25, 0.3) is 0 Å². The van der Waals surface area contributed by atoms with Crippen LogP contribution in [0, 0.1) is 17.2 Å². The highest BCUT2D eigenvalue weighted by molar-refractivity contribution is 5.32. The molecule has 0 spiro atoms. The van der Waals surface area contributed by atoms with Crippen LogP contribution in [-0.2, 0) is 6.54 Å². The van der Waals surface area contributed by atoms with Crippen molar-refractivity contribution in [3.63, 3.8) is 0 Å². The van der Waals surface area contributed by atoms with E-state index in [2.05, 4.69) is 29.3 Å². The van der Waals surface area contributed by atoms with Gasteiger partial charge in [0.15, 0.2) is 0 Å². The van der Waals surface area contributed by atoms with Crippen LogP contribution in [0.5, 0.6) is 0 Å². The van der Waals surface area contributed by atoms with Gasteiger partial charge in [0.05, 0.1) is 11.6 Å². The highest BCUT2D eigenvalue weighted by Crippen LogP contribution is 2.16. The summed E-state index contributed by atoms with van der Waals surface area (Å²) in [5.74, 6) is 0.923. The Labute approximate surface area is 129 Å². The molecule has 1 aromatic rings. The molecule has 0 aliphatic carbocycles. The molecule has 21 heavy (non-hydrogen) atoms. The standard InChI is InChI=1S/C18H27N3/c1-16-7-11-21(12-8-16)10-3-2-9-20-15-18-6-4-5-17(13-18)14-19/h4-6,13,16,20H,2-3,7-12,15H2,1H3. The van der Waals surface area contributed by atoms with Gasteiger partial charge in [-0.2, -0.15) is 5.26 Å². The molecule has 1 fully saturated rings. The number of nitrogens with zero attached hydrogens (tertiary/aromatic N) is 2. The summed E-state index contributed by atoms with van der Waals surface area (Å²) in [6, 6.07) is 10.0. The van der Waals surface area contributed by atoms with Gasteiger partial charge in [0.1, 0.15) is 0 Å². The predicted molar refractivity (Wildman–Crippen MR) is 86.9 cm³/mol. The third-order valence-electron chi connectivity index (χ3n) is 4.34. The second kappa shape index (κ2) is 8.81. The van der Waals surface area contributed by atoms with Crippen molar-refractivity contribution < 1.29 is 0 Å². The van der Waals surface area contributed by atoms with Crippen LogP contribution in [0.3, 0.4) is 0 Å². The van der Waals surface area contributed by atoms with Gasteiger partial charge in [-0.05, 0) is 75.5 Å². The quantitative estimate of drug-likeness (QED) is 0.782. The summed E-state index contributed by atoms with van der Waals surface area (Å²) in [5.41, 5.74) is 1.94. The van der Waals surface area contributed by atoms with E-state index in [9.17, 15) is 0 Å². The zero-order chi connectivity index (χ0) is 14.9. The molecule has 1 saturated heterocycles. The zero-order valence-corrected chi connectivity index (χ0v) is 13.1. The molecule has 3 nitrogen and oxygen atoms in total. The van der Waals surface area contributed by atoms with Crippen molar-refractivity contribution in [3.05, 3.63) is 35.4 Å². The number of rotatable bonds is 7. The van der Waals surface area contributed by atoms with Gasteiger partial charge in [0, 0.05) is 6.54 Å². The third-order valence-corrected chi connectivity index (χ3v) is 4.34. The van der Waals surface area contributed by atoms with Crippen LogP contribution in [0.2, 0.25) is 0 Å². The third kappa shape index (κ3) is 5.87. The Morgan fingerprint density at radius 3 is 2.86 bits per heavy atom. The number of likely N-dealkylation sites (tertiary alicyclic amines) is 1. The molecule has 0 saturated carbocycles. The number of benzene rings is 1. The molecule has 3 heteroatoms. The first kappa shape index (κ1) is 16.0. The fourth-order valence-electron chi connectivity index (χ4n) is 2.85. The molecular formula is C18H27N3. The molecule has 1 heterocycles. The highest BCUT2D eigenvalue weighted by Gasteiger charge is 2.14. The fraction of sp³-hybridized carbons (Fsp3) is 0.611. The number of nitrogens with one attached hydrogen (secondary N) is 1. The lowest BCUT2D eigenvalue weighted by molar-refractivity contribution is 0.189. The molecule has 1 aliphatic heterocycles. The van der Waals surface area contributed by atoms with Crippen molar-refractivity contribution in [1.29, 1.82) is 5.26 Å². The summed E-state index contributed by atoms with van der Waals surface area (Å²) >= 11 is 0. The molecule has 0 aromatic heterocycles.